The minimum atomic E-state index is -0.312. The lowest BCUT2D eigenvalue weighted by molar-refractivity contribution is 0.555. The molecule has 3 heterocycles. The molecule has 8 nitrogen and oxygen atoms in total. The van der Waals surface area contributed by atoms with Gasteiger partial charge in [0.05, 0.1) is 11.3 Å². The van der Waals surface area contributed by atoms with E-state index in [2.05, 4.69) is 15.1 Å². The molecule has 0 saturated carbocycles. The first-order valence-corrected chi connectivity index (χ1v) is 8.79. The molecule has 0 bridgehead atoms. The average Bonchev–Trinajstić information content (AvgIpc) is 3.19. The predicted molar refractivity (Wildman–Crippen MR) is 96.8 cm³/mol. The second-order valence-corrected chi connectivity index (χ2v) is 6.16. The van der Waals surface area contributed by atoms with Gasteiger partial charge in [0.25, 0.3) is 5.56 Å². The zero-order valence-corrected chi connectivity index (χ0v) is 15.2. The molecule has 0 fully saturated rings. The molecule has 134 valence electrons. The zero-order chi connectivity index (χ0) is 18.1. The maximum atomic E-state index is 12.7. The molecule has 8 heteroatoms. The number of nitrogens with one attached hydrogen (secondary N) is 1. The van der Waals surface area contributed by atoms with Crippen molar-refractivity contribution in [3.8, 4) is 11.4 Å². The lowest BCUT2D eigenvalue weighted by Gasteiger charge is -2.09. The number of aromatic nitrogens is 6. The molecular formula is C17H24N6O2. The van der Waals surface area contributed by atoms with Crippen molar-refractivity contribution in [3.05, 3.63) is 32.7 Å². The maximum absolute atomic E-state index is 12.7. The summed E-state index contributed by atoms with van der Waals surface area (Å²) in [6.07, 6.45) is 3.41. The summed E-state index contributed by atoms with van der Waals surface area (Å²) < 4.78 is 4.71. The number of aryl methyl sites for hydroxylation is 3. The van der Waals surface area contributed by atoms with E-state index in [1.54, 1.807) is 4.57 Å². The van der Waals surface area contributed by atoms with E-state index in [0.717, 1.165) is 30.6 Å². The van der Waals surface area contributed by atoms with Crippen molar-refractivity contribution in [2.24, 2.45) is 0 Å². The largest absolute Gasteiger partial charge is 0.332 e. The Hall–Kier alpha value is -2.64. The van der Waals surface area contributed by atoms with Crippen LogP contribution in [-0.2, 0) is 19.6 Å². The Labute approximate surface area is 145 Å². The van der Waals surface area contributed by atoms with Crippen LogP contribution in [0.4, 0.5) is 0 Å². The third kappa shape index (κ3) is 2.81. The van der Waals surface area contributed by atoms with E-state index in [-0.39, 0.29) is 11.2 Å². The summed E-state index contributed by atoms with van der Waals surface area (Å²) in [5, 5.41) is 4.43. The number of aromatic amines is 1. The van der Waals surface area contributed by atoms with Gasteiger partial charge in [-0.05, 0) is 26.7 Å². The van der Waals surface area contributed by atoms with Crippen LogP contribution in [0.25, 0.3) is 22.6 Å². The number of rotatable bonds is 6. The van der Waals surface area contributed by atoms with E-state index in [4.69, 9.17) is 0 Å². The monoisotopic (exact) mass is 344 g/mol. The fraction of sp³-hybridized carbons (Fsp3) is 0.529. The molecule has 0 aliphatic rings. The van der Waals surface area contributed by atoms with Crippen LogP contribution in [-0.4, -0.2) is 28.9 Å². The fourth-order valence-corrected chi connectivity index (χ4v) is 3.05. The molecule has 0 unspecified atom stereocenters. The zero-order valence-electron chi connectivity index (χ0n) is 15.2. The molecule has 25 heavy (non-hydrogen) atoms. The number of H-pyrrole nitrogens is 1. The van der Waals surface area contributed by atoms with Gasteiger partial charge in [-0.2, -0.15) is 5.10 Å². The van der Waals surface area contributed by atoms with Crippen molar-refractivity contribution in [1.29, 1.82) is 0 Å². The standard InChI is InChI=1S/C17H24N6O2/c1-5-8-22-15-13(16(24)23(9-6-2)17(22)25)18-14(19-15)12-10-21(7-3)20-11(12)4/h10H,5-9H2,1-4H3,(H,18,19). The highest BCUT2D eigenvalue weighted by Gasteiger charge is 2.19. The first kappa shape index (κ1) is 17.2. The van der Waals surface area contributed by atoms with Gasteiger partial charge in [0.2, 0.25) is 0 Å². The first-order chi connectivity index (χ1) is 12.0. The Kier molecular flexibility index (Phi) is 4.61. The van der Waals surface area contributed by atoms with Crippen LogP contribution in [0.3, 0.4) is 0 Å². The van der Waals surface area contributed by atoms with Gasteiger partial charge < -0.3 is 4.98 Å². The summed E-state index contributed by atoms with van der Waals surface area (Å²) in [5.74, 6) is 0.572. The van der Waals surface area contributed by atoms with Crippen molar-refractivity contribution in [2.75, 3.05) is 0 Å². The predicted octanol–water partition coefficient (Wildman–Crippen LogP) is 1.90. The Bertz CT molecular complexity index is 1020. The van der Waals surface area contributed by atoms with E-state index in [0.29, 0.717) is 30.1 Å². The average molecular weight is 344 g/mol. The van der Waals surface area contributed by atoms with Crippen molar-refractivity contribution in [1.82, 2.24) is 28.9 Å². The molecule has 3 rings (SSSR count). The summed E-state index contributed by atoms with van der Waals surface area (Å²) in [6.45, 7) is 9.54. The lowest BCUT2D eigenvalue weighted by Crippen LogP contribution is -2.40. The van der Waals surface area contributed by atoms with E-state index in [1.165, 1.54) is 4.57 Å². The van der Waals surface area contributed by atoms with Crippen LogP contribution < -0.4 is 11.2 Å². The summed E-state index contributed by atoms with van der Waals surface area (Å²) in [4.78, 5) is 33.1. The minimum Gasteiger partial charge on any atom is -0.332 e. The first-order valence-electron chi connectivity index (χ1n) is 8.79. The number of hydrogen-bond donors (Lipinski definition) is 1. The third-order valence-electron chi connectivity index (χ3n) is 4.28. The Morgan fingerprint density at radius 2 is 1.76 bits per heavy atom. The number of fused-ring (bicyclic) bond motifs is 1. The summed E-state index contributed by atoms with van der Waals surface area (Å²) in [5.41, 5.74) is 1.87. The molecule has 0 aliphatic carbocycles. The van der Waals surface area contributed by atoms with Gasteiger partial charge in [0, 0.05) is 25.8 Å². The van der Waals surface area contributed by atoms with Crippen LogP contribution in [0, 0.1) is 6.92 Å². The summed E-state index contributed by atoms with van der Waals surface area (Å²) >= 11 is 0. The van der Waals surface area contributed by atoms with Gasteiger partial charge in [0.1, 0.15) is 11.3 Å². The number of nitrogens with zero attached hydrogens (tertiary/aromatic N) is 5. The summed E-state index contributed by atoms with van der Waals surface area (Å²) in [7, 11) is 0. The smallest absolute Gasteiger partial charge is 0.332 e. The van der Waals surface area contributed by atoms with Crippen LogP contribution in [0.2, 0.25) is 0 Å². The van der Waals surface area contributed by atoms with Crippen molar-refractivity contribution >= 4 is 11.2 Å². The van der Waals surface area contributed by atoms with Crippen molar-refractivity contribution in [3.63, 3.8) is 0 Å². The summed E-state index contributed by atoms with van der Waals surface area (Å²) in [6, 6.07) is 0. The quantitative estimate of drug-likeness (QED) is 0.739. The van der Waals surface area contributed by atoms with Gasteiger partial charge in [-0.25, -0.2) is 9.78 Å². The molecule has 0 amide bonds. The number of hydrogen-bond acceptors (Lipinski definition) is 4. The maximum Gasteiger partial charge on any atom is 0.332 e. The topological polar surface area (TPSA) is 90.5 Å². The third-order valence-corrected chi connectivity index (χ3v) is 4.28. The van der Waals surface area contributed by atoms with Gasteiger partial charge in [-0.15, -0.1) is 0 Å². The van der Waals surface area contributed by atoms with E-state index < -0.39 is 0 Å². The molecule has 1 N–H and O–H groups in total. The van der Waals surface area contributed by atoms with Crippen LogP contribution >= 0.6 is 0 Å². The van der Waals surface area contributed by atoms with E-state index in [1.807, 2.05) is 38.6 Å². The van der Waals surface area contributed by atoms with Gasteiger partial charge >= 0.3 is 5.69 Å². The normalized spacial score (nSPS) is 11.5. The Balaban J connectivity index is 2.30. The highest BCUT2D eigenvalue weighted by Crippen LogP contribution is 2.21. The fourth-order valence-electron chi connectivity index (χ4n) is 3.05. The van der Waals surface area contributed by atoms with Gasteiger partial charge in [0.15, 0.2) is 5.65 Å². The second kappa shape index (κ2) is 6.70. The van der Waals surface area contributed by atoms with Crippen LogP contribution in [0.5, 0.6) is 0 Å². The Morgan fingerprint density at radius 3 is 2.36 bits per heavy atom. The van der Waals surface area contributed by atoms with Gasteiger partial charge in [-0.3, -0.25) is 18.6 Å². The molecule has 0 aliphatic heterocycles. The van der Waals surface area contributed by atoms with Crippen LogP contribution in [0.1, 0.15) is 39.3 Å². The SMILES string of the molecule is CCCn1c(=O)c2[nH]c(-c3cn(CC)nc3C)nc2n(CCC)c1=O. The molecule has 0 saturated heterocycles. The molecule has 0 radical (unpaired) electrons. The molecule has 0 spiro atoms. The van der Waals surface area contributed by atoms with Crippen molar-refractivity contribution < 1.29 is 0 Å². The van der Waals surface area contributed by atoms with Crippen LogP contribution in [0.15, 0.2) is 15.8 Å². The molecule has 0 atom stereocenters. The number of imidazole rings is 1. The van der Waals surface area contributed by atoms with E-state index in [9.17, 15) is 9.59 Å². The Morgan fingerprint density at radius 1 is 1.08 bits per heavy atom. The van der Waals surface area contributed by atoms with Gasteiger partial charge in [-0.1, -0.05) is 13.8 Å². The highest BCUT2D eigenvalue weighted by atomic mass is 16.2. The molecule has 0 aromatic carbocycles. The lowest BCUT2D eigenvalue weighted by atomic mass is 10.2. The minimum absolute atomic E-state index is 0.291. The van der Waals surface area contributed by atoms with E-state index >= 15 is 0 Å². The molecule has 3 aromatic rings. The highest BCUT2D eigenvalue weighted by molar-refractivity contribution is 5.75. The molecular weight excluding hydrogens is 320 g/mol. The second-order valence-electron chi connectivity index (χ2n) is 6.16. The molecule has 3 aromatic heterocycles. The van der Waals surface area contributed by atoms with Crippen molar-refractivity contribution in [2.45, 2.75) is 60.2 Å².